The molecule has 0 unspecified atom stereocenters. The maximum absolute atomic E-state index is 13.4. The largest absolute Gasteiger partial charge is 0.491 e. The summed E-state index contributed by atoms with van der Waals surface area (Å²) >= 11 is 0. The molecule has 1 rings (SSSR count). The van der Waals surface area contributed by atoms with Crippen LogP contribution in [0.3, 0.4) is 0 Å². The van der Waals surface area contributed by atoms with Gasteiger partial charge in [-0.15, -0.1) is 0 Å². The number of carboxylic acid groups (broad SMARTS) is 1. The molecule has 0 aliphatic carbocycles. The molecule has 0 aliphatic heterocycles. The van der Waals surface area contributed by atoms with Crippen LogP contribution in [-0.4, -0.2) is 33.3 Å². The first-order chi connectivity index (χ1) is 6.99. The van der Waals surface area contributed by atoms with E-state index in [0.717, 1.165) is 12.1 Å². The molecule has 0 aromatic heterocycles. The van der Waals surface area contributed by atoms with Gasteiger partial charge in [0.25, 0.3) is 0 Å². The average Bonchev–Trinajstić information content (AvgIpc) is 2.15. The van der Waals surface area contributed by atoms with Crippen LogP contribution in [0.1, 0.15) is 15.9 Å². The van der Waals surface area contributed by atoms with E-state index in [1.807, 2.05) is 0 Å². The van der Waals surface area contributed by atoms with Gasteiger partial charge in [0.2, 0.25) is 0 Å². The summed E-state index contributed by atoms with van der Waals surface area (Å²) in [6.07, 6.45) is 0. The van der Waals surface area contributed by atoms with Gasteiger partial charge < -0.3 is 20.3 Å². The molecule has 4 N–H and O–H groups in total. The molecule has 80 valence electrons. The third kappa shape index (κ3) is 2.15. The summed E-state index contributed by atoms with van der Waals surface area (Å²) in [6.45, 7) is -0.607. The summed E-state index contributed by atoms with van der Waals surface area (Å²) in [5, 5.41) is 35.0. The molecule has 0 fully saturated rings. The summed E-state index contributed by atoms with van der Waals surface area (Å²) in [4.78, 5) is 10.5. The summed E-state index contributed by atoms with van der Waals surface area (Å²) in [5.74, 6) is -2.76. The molecular weight excluding hydrogens is 206 g/mol. The van der Waals surface area contributed by atoms with Crippen LogP contribution in [0.2, 0.25) is 0 Å². The molecule has 0 saturated carbocycles. The van der Waals surface area contributed by atoms with Crippen molar-refractivity contribution in [2.75, 3.05) is 0 Å². The van der Waals surface area contributed by atoms with Crippen LogP contribution >= 0.6 is 0 Å². The number of aliphatic hydroxyl groups is 1. The molecule has 1 aromatic carbocycles. The molecule has 0 amide bonds. The van der Waals surface area contributed by atoms with E-state index in [9.17, 15) is 9.18 Å². The second-order valence-electron chi connectivity index (χ2n) is 2.84. The number of carbonyl (C=O) groups is 1. The molecule has 15 heavy (non-hydrogen) atoms. The second-order valence-corrected chi connectivity index (χ2v) is 2.84. The normalized spacial score (nSPS) is 10.1. The molecule has 0 atom stereocenters. The Balaban J connectivity index is 3.42. The molecule has 0 heterocycles. The van der Waals surface area contributed by atoms with Gasteiger partial charge in [0, 0.05) is 5.46 Å². The van der Waals surface area contributed by atoms with Gasteiger partial charge in [-0.05, 0) is 11.6 Å². The van der Waals surface area contributed by atoms with Crippen molar-refractivity contribution in [1.29, 1.82) is 0 Å². The van der Waals surface area contributed by atoms with Gasteiger partial charge in [0.1, 0.15) is 5.82 Å². The fraction of sp³-hybridized carbons (Fsp3) is 0.125. The maximum atomic E-state index is 13.4. The number of aromatic carboxylic acids is 1. The van der Waals surface area contributed by atoms with E-state index in [1.54, 1.807) is 0 Å². The van der Waals surface area contributed by atoms with Gasteiger partial charge in [-0.25, -0.2) is 9.18 Å². The minimum Gasteiger partial charge on any atom is -0.478 e. The van der Waals surface area contributed by atoms with Crippen molar-refractivity contribution in [2.45, 2.75) is 6.61 Å². The molecule has 7 heteroatoms. The minimum atomic E-state index is -2.16. The third-order valence-corrected chi connectivity index (χ3v) is 1.93. The topological polar surface area (TPSA) is 98.0 Å². The van der Waals surface area contributed by atoms with E-state index in [1.165, 1.54) is 0 Å². The van der Waals surface area contributed by atoms with Gasteiger partial charge in [-0.1, -0.05) is 6.07 Å². The average molecular weight is 214 g/mol. The summed E-state index contributed by atoms with van der Waals surface area (Å²) in [7, 11) is -2.16. The second kappa shape index (κ2) is 4.39. The Morgan fingerprint density at radius 1 is 1.40 bits per heavy atom. The number of hydrogen-bond donors (Lipinski definition) is 4. The smallest absolute Gasteiger partial charge is 0.478 e. The zero-order valence-corrected chi connectivity index (χ0v) is 7.51. The van der Waals surface area contributed by atoms with Crippen molar-refractivity contribution in [2.24, 2.45) is 0 Å². The molecule has 0 spiro atoms. The predicted octanol–water partition coefficient (Wildman–Crippen LogP) is -1.30. The number of benzene rings is 1. The molecule has 0 bridgehead atoms. The Kier molecular flexibility index (Phi) is 3.41. The Labute approximate surface area is 84.6 Å². The van der Waals surface area contributed by atoms with Gasteiger partial charge in [0.05, 0.1) is 12.2 Å². The number of hydrogen-bond acceptors (Lipinski definition) is 4. The molecule has 0 radical (unpaired) electrons. The van der Waals surface area contributed by atoms with Crippen LogP contribution < -0.4 is 5.46 Å². The fourth-order valence-corrected chi connectivity index (χ4v) is 1.22. The van der Waals surface area contributed by atoms with Crippen molar-refractivity contribution in [3.05, 3.63) is 29.1 Å². The summed E-state index contributed by atoms with van der Waals surface area (Å²) in [5.41, 5.74) is -1.35. The quantitative estimate of drug-likeness (QED) is 0.468. The van der Waals surface area contributed by atoms with Crippen molar-refractivity contribution in [3.8, 4) is 0 Å². The lowest BCUT2D eigenvalue weighted by Crippen LogP contribution is -2.37. The van der Waals surface area contributed by atoms with Crippen LogP contribution in [0.5, 0.6) is 0 Å². The highest BCUT2D eigenvalue weighted by molar-refractivity contribution is 6.59. The molecule has 0 saturated heterocycles. The third-order valence-electron chi connectivity index (χ3n) is 1.93. The standard InChI is InChI=1S/C8H8BFO5/c10-7-5(8(12)13)2-1-4(3-11)6(7)9(14)15/h1-2,11,14-15H,3H2,(H,12,13). The lowest BCUT2D eigenvalue weighted by atomic mass is 9.75. The Morgan fingerprint density at radius 3 is 2.40 bits per heavy atom. The van der Waals surface area contributed by atoms with E-state index in [4.69, 9.17) is 20.3 Å². The molecule has 1 aromatic rings. The van der Waals surface area contributed by atoms with Crippen LogP contribution in [0.15, 0.2) is 12.1 Å². The monoisotopic (exact) mass is 214 g/mol. The first-order valence-electron chi connectivity index (χ1n) is 4.00. The van der Waals surface area contributed by atoms with E-state index >= 15 is 0 Å². The zero-order chi connectivity index (χ0) is 11.6. The SMILES string of the molecule is O=C(O)c1ccc(CO)c(B(O)O)c1F. The molecule has 0 aliphatic rings. The van der Waals surface area contributed by atoms with E-state index in [0.29, 0.717) is 0 Å². The minimum absolute atomic E-state index is 0.0625. The van der Waals surface area contributed by atoms with Crippen LogP contribution in [0.25, 0.3) is 0 Å². The van der Waals surface area contributed by atoms with Crippen LogP contribution in [0.4, 0.5) is 4.39 Å². The zero-order valence-electron chi connectivity index (χ0n) is 7.51. The van der Waals surface area contributed by atoms with Gasteiger partial charge in [0.15, 0.2) is 0 Å². The lowest BCUT2D eigenvalue weighted by molar-refractivity contribution is 0.0692. The van der Waals surface area contributed by atoms with Crippen molar-refractivity contribution < 1.29 is 29.4 Å². The van der Waals surface area contributed by atoms with Crippen molar-refractivity contribution in [3.63, 3.8) is 0 Å². The lowest BCUT2D eigenvalue weighted by Gasteiger charge is -2.09. The maximum Gasteiger partial charge on any atom is 0.491 e. The van der Waals surface area contributed by atoms with E-state index in [2.05, 4.69) is 0 Å². The summed E-state index contributed by atoms with van der Waals surface area (Å²) < 4.78 is 13.4. The Morgan fingerprint density at radius 2 is 2.00 bits per heavy atom. The molecular formula is C8H8BFO5. The highest BCUT2D eigenvalue weighted by Crippen LogP contribution is 2.09. The first-order valence-corrected chi connectivity index (χ1v) is 4.00. The Hall–Kier alpha value is -1.44. The number of carboxylic acids is 1. The predicted molar refractivity (Wildman–Crippen MR) is 49.1 cm³/mol. The van der Waals surface area contributed by atoms with Crippen molar-refractivity contribution in [1.82, 2.24) is 0 Å². The summed E-state index contributed by atoms with van der Waals surface area (Å²) in [6, 6.07) is 2.08. The molecule has 5 nitrogen and oxygen atoms in total. The highest BCUT2D eigenvalue weighted by atomic mass is 19.1. The van der Waals surface area contributed by atoms with E-state index in [-0.39, 0.29) is 5.56 Å². The van der Waals surface area contributed by atoms with Crippen molar-refractivity contribution >= 4 is 18.6 Å². The Bertz CT molecular complexity index is 393. The number of aliphatic hydroxyl groups excluding tert-OH is 1. The van der Waals surface area contributed by atoms with Gasteiger partial charge >= 0.3 is 13.1 Å². The highest BCUT2D eigenvalue weighted by Gasteiger charge is 2.25. The van der Waals surface area contributed by atoms with E-state index < -0.39 is 36.5 Å². The first kappa shape index (κ1) is 11.6. The van der Waals surface area contributed by atoms with Crippen LogP contribution in [0, 0.1) is 5.82 Å². The van der Waals surface area contributed by atoms with Gasteiger partial charge in [-0.3, -0.25) is 0 Å². The van der Waals surface area contributed by atoms with Gasteiger partial charge in [-0.2, -0.15) is 0 Å². The fourth-order valence-electron chi connectivity index (χ4n) is 1.22. The number of halogens is 1. The number of rotatable bonds is 3. The van der Waals surface area contributed by atoms with Crippen LogP contribution in [-0.2, 0) is 6.61 Å².